The third kappa shape index (κ3) is 1.83. The number of aromatic nitrogens is 2. The zero-order chi connectivity index (χ0) is 10.1. The molecule has 0 atom stereocenters. The van der Waals surface area contributed by atoms with Gasteiger partial charge in [0.15, 0.2) is 0 Å². The lowest BCUT2D eigenvalue weighted by Gasteiger charge is -2.21. The number of hydrogen-bond acceptors (Lipinski definition) is 4. The van der Waals surface area contributed by atoms with Gasteiger partial charge >= 0.3 is 5.82 Å². The quantitative estimate of drug-likeness (QED) is 0.549. The van der Waals surface area contributed by atoms with Crippen LogP contribution in [0.1, 0.15) is 13.8 Å². The SMILES string of the molecule is CC(C)(CO)n1cnc([N+](=O)[O-])c1. The fourth-order valence-corrected chi connectivity index (χ4v) is 0.819. The van der Waals surface area contributed by atoms with Gasteiger partial charge in [-0.15, -0.1) is 0 Å². The summed E-state index contributed by atoms with van der Waals surface area (Å²) in [7, 11) is 0. The van der Waals surface area contributed by atoms with Gasteiger partial charge in [0.25, 0.3) is 0 Å². The normalized spacial score (nSPS) is 11.6. The van der Waals surface area contributed by atoms with E-state index in [9.17, 15) is 10.1 Å². The Labute approximate surface area is 75.0 Å². The zero-order valence-electron chi connectivity index (χ0n) is 7.47. The van der Waals surface area contributed by atoms with Gasteiger partial charge in [0.2, 0.25) is 6.33 Å². The number of hydrogen-bond donors (Lipinski definition) is 1. The molecule has 0 unspecified atom stereocenters. The number of nitro groups is 1. The summed E-state index contributed by atoms with van der Waals surface area (Å²) < 4.78 is 1.52. The van der Waals surface area contributed by atoms with Crippen molar-refractivity contribution in [1.82, 2.24) is 9.55 Å². The van der Waals surface area contributed by atoms with Crippen molar-refractivity contribution in [3.05, 3.63) is 22.6 Å². The van der Waals surface area contributed by atoms with Crippen molar-refractivity contribution in [1.29, 1.82) is 0 Å². The van der Waals surface area contributed by atoms with Gasteiger partial charge in [-0.1, -0.05) is 0 Å². The molecule has 0 spiro atoms. The number of nitrogens with zero attached hydrogens (tertiary/aromatic N) is 3. The van der Waals surface area contributed by atoms with Crippen LogP contribution in [0, 0.1) is 10.1 Å². The van der Waals surface area contributed by atoms with Gasteiger partial charge in [-0.05, 0) is 23.8 Å². The van der Waals surface area contributed by atoms with Crippen LogP contribution < -0.4 is 0 Å². The molecule has 0 aromatic carbocycles. The minimum absolute atomic E-state index is 0.0967. The van der Waals surface area contributed by atoms with Crippen LogP contribution >= 0.6 is 0 Å². The average Bonchev–Trinajstić information content (AvgIpc) is 2.52. The first-order chi connectivity index (χ1) is 5.97. The van der Waals surface area contributed by atoms with E-state index in [-0.39, 0.29) is 12.4 Å². The summed E-state index contributed by atoms with van der Waals surface area (Å²) in [6, 6.07) is 0. The van der Waals surface area contributed by atoms with Gasteiger partial charge in [0, 0.05) is 0 Å². The van der Waals surface area contributed by atoms with E-state index >= 15 is 0 Å². The maximum Gasteiger partial charge on any atom is 0.381 e. The molecule has 1 aromatic heterocycles. The van der Waals surface area contributed by atoms with E-state index in [1.54, 1.807) is 13.8 Å². The number of rotatable bonds is 3. The van der Waals surface area contributed by atoms with Gasteiger partial charge in [0.05, 0.1) is 12.1 Å². The van der Waals surface area contributed by atoms with E-state index in [2.05, 4.69) is 4.98 Å². The third-order valence-electron chi connectivity index (χ3n) is 1.84. The molecule has 0 amide bonds. The molecule has 6 nitrogen and oxygen atoms in total. The third-order valence-corrected chi connectivity index (χ3v) is 1.84. The summed E-state index contributed by atoms with van der Waals surface area (Å²) >= 11 is 0. The first kappa shape index (κ1) is 9.66. The van der Waals surface area contributed by atoms with Crippen molar-refractivity contribution < 1.29 is 10.0 Å². The molecule has 1 rings (SSSR count). The van der Waals surface area contributed by atoms with E-state index in [1.807, 2.05) is 0 Å². The molecular weight excluding hydrogens is 174 g/mol. The molecule has 6 heteroatoms. The van der Waals surface area contributed by atoms with Crippen molar-refractivity contribution in [2.24, 2.45) is 0 Å². The largest absolute Gasteiger partial charge is 0.394 e. The van der Waals surface area contributed by atoms with Crippen molar-refractivity contribution in [2.75, 3.05) is 6.61 Å². The van der Waals surface area contributed by atoms with Crippen LogP contribution in [0.4, 0.5) is 5.82 Å². The average molecular weight is 185 g/mol. The zero-order valence-corrected chi connectivity index (χ0v) is 7.47. The Hall–Kier alpha value is -1.43. The second-order valence-corrected chi connectivity index (χ2v) is 3.37. The highest BCUT2D eigenvalue weighted by molar-refractivity contribution is 5.13. The van der Waals surface area contributed by atoms with Crippen molar-refractivity contribution in [3.63, 3.8) is 0 Å². The monoisotopic (exact) mass is 185 g/mol. The summed E-state index contributed by atoms with van der Waals surface area (Å²) in [4.78, 5) is 13.3. The lowest BCUT2D eigenvalue weighted by atomic mass is 10.1. The number of aliphatic hydroxyl groups excluding tert-OH is 1. The molecule has 0 saturated carbocycles. The van der Waals surface area contributed by atoms with Gasteiger partial charge < -0.3 is 19.8 Å². The van der Waals surface area contributed by atoms with Crippen LogP contribution in [0.25, 0.3) is 0 Å². The smallest absolute Gasteiger partial charge is 0.381 e. The second-order valence-electron chi connectivity index (χ2n) is 3.37. The molecule has 0 bridgehead atoms. The van der Waals surface area contributed by atoms with Crippen LogP contribution in [0.5, 0.6) is 0 Å². The molecule has 0 aliphatic carbocycles. The molecule has 72 valence electrons. The Balaban J connectivity index is 2.98. The topological polar surface area (TPSA) is 81.2 Å². The summed E-state index contributed by atoms with van der Waals surface area (Å²) in [5.74, 6) is -0.207. The molecular formula is C7H11N3O3. The molecule has 0 aliphatic heterocycles. The van der Waals surface area contributed by atoms with Crippen LogP contribution in [-0.2, 0) is 5.54 Å². The fraction of sp³-hybridized carbons (Fsp3) is 0.571. The first-order valence-electron chi connectivity index (χ1n) is 3.77. The fourth-order valence-electron chi connectivity index (χ4n) is 0.819. The van der Waals surface area contributed by atoms with E-state index in [1.165, 1.54) is 17.1 Å². The molecule has 0 aliphatic rings. The summed E-state index contributed by atoms with van der Waals surface area (Å²) in [6.45, 7) is 3.43. The van der Waals surface area contributed by atoms with Crippen LogP contribution in [0.2, 0.25) is 0 Å². The van der Waals surface area contributed by atoms with Gasteiger partial charge in [-0.25, -0.2) is 0 Å². The highest BCUT2D eigenvalue weighted by Gasteiger charge is 2.22. The standard InChI is InChI=1S/C7H11N3O3/c1-7(2,4-11)9-3-6(8-5-9)10(12)13/h3,5,11H,4H2,1-2H3. The Morgan fingerprint density at radius 1 is 1.77 bits per heavy atom. The highest BCUT2D eigenvalue weighted by atomic mass is 16.6. The maximum absolute atomic E-state index is 10.3. The van der Waals surface area contributed by atoms with Crippen molar-refractivity contribution in [2.45, 2.75) is 19.4 Å². The van der Waals surface area contributed by atoms with Gasteiger partial charge in [-0.3, -0.25) is 0 Å². The van der Waals surface area contributed by atoms with E-state index in [4.69, 9.17) is 5.11 Å². The van der Waals surface area contributed by atoms with Crippen LogP contribution in [0.3, 0.4) is 0 Å². The van der Waals surface area contributed by atoms with E-state index in [0.29, 0.717) is 0 Å². The molecule has 0 radical (unpaired) electrons. The predicted octanol–water partition coefficient (Wildman–Crippen LogP) is 0.519. The molecule has 0 fully saturated rings. The Bertz CT molecular complexity index is 319. The highest BCUT2D eigenvalue weighted by Crippen LogP contribution is 2.17. The molecule has 1 aromatic rings. The predicted molar refractivity (Wildman–Crippen MR) is 45.3 cm³/mol. The number of imidazole rings is 1. The Kier molecular flexibility index (Phi) is 2.33. The molecule has 0 saturated heterocycles. The number of aliphatic hydroxyl groups is 1. The molecule has 1 heterocycles. The van der Waals surface area contributed by atoms with Crippen molar-refractivity contribution in [3.8, 4) is 0 Å². The second kappa shape index (κ2) is 3.14. The van der Waals surface area contributed by atoms with E-state index < -0.39 is 10.5 Å². The maximum atomic E-state index is 10.3. The lowest BCUT2D eigenvalue weighted by molar-refractivity contribution is -0.389. The lowest BCUT2D eigenvalue weighted by Crippen LogP contribution is -2.29. The minimum Gasteiger partial charge on any atom is -0.394 e. The summed E-state index contributed by atoms with van der Waals surface area (Å²) in [5.41, 5.74) is -0.554. The van der Waals surface area contributed by atoms with Crippen molar-refractivity contribution >= 4 is 5.82 Å². The van der Waals surface area contributed by atoms with Crippen LogP contribution in [0.15, 0.2) is 12.5 Å². The summed E-state index contributed by atoms with van der Waals surface area (Å²) in [5, 5.41) is 19.3. The summed E-state index contributed by atoms with van der Waals surface area (Å²) in [6.07, 6.45) is 2.64. The van der Waals surface area contributed by atoms with E-state index in [0.717, 1.165) is 0 Å². The van der Waals surface area contributed by atoms with Gasteiger partial charge in [-0.2, -0.15) is 0 Å². The molecule has 1 N–H and O–H groups in total. The molecule has 13 heavy (non-hydrogen) atoms. The Morgan fingerprint density at radius 2 is 2.38 bits per heavy atom. The minimum atomic E-state index is -0.566. The Morgan fingerprint density at radius 3 is 2.77 bits per heavy atom. The first-order valence-corrected chi connectivity index (χ1v) is 3.77. The van der Waals surface area contributed by atoms with Gasteiger partial charge in [0.1, 0.15) is 6.20 Å². The van der Waals surface area contributed by atoms with Crippen LogP contribution in [-0.4, -0.2) is 26.2 Å².